The summed E-state index contributed by atoms with van der Waals surface area (Å²) in [5.74, 6) is -0.491. The van der Waals surface area contributed by atoms with Crippen LogP contribution in [0.4, 0.5) is 5.69 Å². The summed E-state index contributed by atoms with van der Waals surface area (Å²) in [6.07, 6.45) is 0. The van der Waals surface area contributed by atoms with Gasteiger partial charge >= 0.3 is 5.97 Å². The van der Waals surface area contributed by atoms with Crippen molar-refractivity contribution in [1.82, 2.24) is 0 Å². The van der Waals surface area contributed by atoms with Crippen LogP contribution in [0.3, 0.4) is 0 Å². The zero-order valence-electron chi connectivity index (χ0n) is 12.4. The monoisotopic (exact) mass is 301 g/mol. The van der Waals surface area contributed by atoms with E-state index in [0.717, 1.165) is 15.4 Å². The summed E-state index contributed by atoms with van der Waals surface area (Å²) in [5, 5.41) is 9.19. The van der Waals surface area contributed by atoms with Gasteiger partial charge in [0.05, 0.1) is 5.56 Å². The number of nitrogens with two attached hydrogens (primary N) is 1. The Morgan fingerprint density at radius 2 is 1.76 bits per heavy atom. The van der Waals surface area contributed by atoms with Crippen molar-refractivity contribution >= 4 is 23.4 Å². The zero-order valence-corrected chi connectivity index (χ0v) is 13.2. The van der Waals surface area contributed by atoms with E-state index in [1.165, 1.54) is 5.56 Å². The molecule has 0 radical (unpaired) electrons. The first-order valence-corrected chi connectivity index (χ1v) is 7.61. The number of rotatable bonds is 4. The third-order valence-electron chi connectivity index (χ3n) is 3.37. The number of anilines is 1. The molecule has 3 N–H and O–H groups in total. The molecular weight excluding hydrogens is 282 g/mol. The molecule has 4 heteroatoms. The van der Waals surface area contributed by atoms with Gasteiger partial charge in [-0.3, -0.25) is 0 Å². The van der Waals surface area contributed by atoms with Crippen molar-refractivity contribution in [2.24, 2.45) is 0 Å². The van der Waals surface area contributed by atoms with Crippen molar-refractivity contribution in [3.05, 3.63) is 53.1 Å². The van der Waals surface area contributed by atoms with Crippen LogP contribution in [0.15, 0.2) is 46.2 Å². The van der Waals surface area contributed by atoms with Gasteiger partial charge in [-0.2, -0.15) is 0 Å². The lowest BCUT2D eigenvalue weighted by Crippen LogP contribution is -2.04. The summed E-state index contributed by atoms with van der Waals surface area (Å²) in [6.45, 7) is 6.14. The maximum atomic E-state index is 11.2. The molecule has 0 atom stereocenters. The van der Waals surface area contributed by atoms with Crippen LogP contribution < -0.4 is 5.73 Å². The molecule has 21 heavy (non-hydrogen) atoms. The highest BCUT2D eigenvalue weighted by atomic mass is 32.2. The quantitative estimate of drug-likeness (QED) is 0.813. The first-order valence-electron chi connectivity index (χ1n) is 6.79. The first-order chi connectivity index (χ1) is 9.88. The van der Waals surface area contributed by atoms with Crippen LogP contribution in [0, 0.1) is 6.92 Å². The van der Waals surface area contributed by atoms with E-state index in [9.17, 15) is 9.90 Å². The van der Waals surface area contributed by atoms with E-state index < -0.39 is 5.97 Å². The lowest BCUT2D eigenvalue weighted by atomic mass is 10.0. The van der Waals surface area contributed by atoms with Gasteiger partial charge in [0.25, 0.3) is 0 Å². The number of carboxylic acid groups (broad SMARTS) is 1. The van der Waals surface area contributed by atoms with E-state index in [-0.39, 0.29) is 5.56 Å². The third kappa shape index (κ3) is 3.58. The van der Waals surface area contributed by atoms with Crippen LogP contribution in [0.5, 0.6) is 0 Å². The van der Waals surface area contributed by atoms with Gasteiger partial charge < -0.3 is 10.8 Å². The number of carboxylic acids is 1. The SMILES string of the molecule is Cc1cc(Sc2ccc(C(C)C)cc2)cc(C(=O)O)c1N. The Labute approximate surface area is 129 Å². The minimum Gasteiger partial charge on any atom is -0.478 e. The molecule has 0 saturated heterocycles. The topological polar surface area (TPSA) is 63.3 Å². The minimum atomic E-state index is -0.992. The molecule has 0 amide bonds. The predicted octanol–water partition coefficient (Wildman–Crippen LogP) is 4.55. The van der Waals surface area contributed by atoms with Crippen LogP contribution in [0.25, 0.3) is 0 Å². The van der Waals surface area contributed by atoms with Gasteiger partial charge in [-0.15, -0.1) is 0 Å². The molecular formula is C17H19NO2S. The zero-order chi connectivity index (χ0) is 15.6. The van der Waals surface area contributed by atoms with Gasteiger partial charge in [0.1, 0.15) is 0 Å². The Kier molecular flexibility index (Phi) is 4.58. The first kappa shape index (κ1) is 15.4. The van der Waals surface area contributed by atoms with Crippen molar-refractivity contribution in [1.29, 1.82) is 0 Å². The van der Waals surface area contributed by atoms with E-state index in [4.69, 9.17) is 5.73 Å². The molecule has 2 aromatic rings. The van der Waals surface area contributed by atoms with Crippen molar-refractivity contribution in [3.63, 3.8) is 0 Å². The fourth-order valence-corrected chi connectivity index (χ4v) is 3.01. The lowest BCUT2D eigenvalue weighted by Gasteiger charge is -2.10. The summed E-state index contributed by atoms with van der Waals surface area (Å²) < 4.78 is 0. The van der Waals surface area contributed by atoms with Gasteiger partial charge in [-0.25, -0.2) is 4.79 Å². The molecule has 110 valence electrons. The second-order valence-corrected chi connectivity index (χ2v) is 6.48. The number of carbonyl (C=O) groups is 1. The van der Waals surface area contributed by atoms with E-state index in [2.05, 4.69) is 38.1 Å². The number of aromatic carboxylic acids is 1. The summed E-state index contributed by atoms with van der Waals surface area (Å²) in [6, 6.07) is 11.9. The Morgan fingerprint density at radius 1 is 1.14 bits per heavy atom. The maximum absolute atomic E-state index is 11.2. The Morgan fingerprint density at radius 3 is 2.29 bits per heavy atom. The van der Waals surface area contributed by atoms with Crippen LogP contribution in [0.1, 0.15) is 41.3 Å². The van der Waals surface area contributed by atoms with Crippen LogP contribution >= 0.6 is 11.8 Å². The summed E-state index contributed by atoms with van der Waals surface area (Å²) in [4.78, 5) is 13.2. The van der Waals surface area contributed by atoms with Crippen molar-refractivity contribution in [2.45, 2.75) is 36.5 Å². The summed E-state index contributed by atoms with van der Waals surface area (Å²) in [5.41, 5.74) is 8.39. The molecule has 0 aromatic heterocycles. The molecule has 3 nitrogen and oxygen atoms in total. The molecule has 0 aliphatic carbocycles. The van der Waals surface area contributed by atoms with Gasteiger partial charge in [-0.05, 0) is 48.2 Å². The second-order valence-electron chi connectivity index (χ2n) is 5.33. The van der Waals surface area contributed by atoms with Crippen molar-refractivity contribution in [2.75, 3.05) is 5.73 Å². The average Bonchev–Trinajstić information content (AvgIpc) is 2.43. The van der Waals surface area contributed by atoms with Gasteiger partial charge in [0, 0.05) is 15.5 Å². The highest BCUT2D eigenvalue weighted by Crippen LogP contribution is 2.32. The van der Waals surface area contributed by atoms with E-state index >= 15 is 0 Å². The maximum Gasteiger partial charge on any atom is 0.337 e. The van der Waals surface area contributed by atoms with Gasteiger partial charge in [0.15, 0.2) is 0 Å². The molecule has 0 heterocycles. The average molecular weight is 301 g/mol. The lowest BCUT2D eigenvalue weighted by molar-refractivity contribution is 0.0697. The Balaban J connectivity index is 2.29. The second kappa shape index (κ2) is 6.22. The van der Waals surface area contributed by atoms with E-state index in [1.807, 2.05) is 13.0 Å². The molecule has 0 unspecified atom stereocenters. The minimum absolute atomic E-state index is 0.163. The molecule has 0 aliphatic heterocycles. The van der Waals surface area contributed by atoms with E-state index in [0.29, 0.717) is 11.6 Å². The van der Waals surface area contributed by atoms with E-state index in [1.54, 1.807) is 17.8 Å². The molecule has 0 fully saturated rings. The molecule has 0 aliphatic rings. The smallest absolute Gasteiger partial charge is 0.337 e. The standard InChI is InChI=1S/C17H19NO2S/c1-10(2)12-4-6-13(7-5-12)21-14-8-11(3)16(18)15(9-14)17(19)20/h4-10H,18H2,1-3H3,(H,19,20). The normalized spacial score (nSPS) is 10.9. The number of hydrogen-bond acceptors (Lipinski definition) is 3. The van der Waals surface area contributed by atoms with Crippen molar-refractivity contribution < 1.29 is 9.90 Å². The van der Waals surface area contributed by atoms with Crippen LogP contribution in [-0.4, -0.2) is 11.1 Å². The van der Waals surface area contributed by atoms with Gasteiger partial charge in [0.2, 0.25) is 0 Å². The highest BCUT2D eigenvalue weighted by molar-refractivity contribution is 7.99. The fraction of sp³-hybridized carbons (Fsp3) is 0.235. The molecule has 2 rings (SSSR count). The molecule has 0 spiro atoms. The van der Waals surface area contributed by atoms with Crippen molar-refractivity contribution in [3.8, 4) is 0 Å². The van der Waals surface area contributed by atoms with Crippen LogP contribution in [0.2, 0.25) is 0 Å². The molecule has 0 saturated carbocycles. The largest absolute Gasteiger partial charge is 0.478 e. The predicted molar refractivity (Wildman–Crippen MR) is 87.2 cm³/mol. The molecule has 0 bridgehead atoms. The summed E-state index contributed by atoms with van der Waals surface area (Å²) >= 11 is 1.54. The van der Waals surface area contributed by atoms with Crippen LogP contribution in [-0.2, 0) is 0 Å². The number of nitrogen functional groups attached to an aromatic ring is 1. The number of aryl methyl sites for hydroxylation is 1. The third-order valence-corrected chi connectivity index (χ3v) is 4.35. The fourth-order valence-electron chi connectivity index (χ4n) is 2.06. The highest BCUT2D eigenvalue weighted by Gasteiger charge is 2.12. The molecule has 2 aromatic carbocycles. The van der Waals surface area contributed by atoms with Gasteiger partial charge in [-0.1, -0.05) is 37.7 Å². The number of hydrogen-bond donors (Lipinski definition) is 2. The Hall–Kier alpha value is -1.94. The summed E-state index contributed by atoms with van der Waals surface area (Å²) in [7, 11) is 0. The Bertz CT molecular complexity index is 663. The number of benzene rings is 2.